The van der Waals surface area contributed by atoms with Crippen molar-refractivity contribution in [2.75, 3.05) is 39.6 Å². The van der Waals surface area contributed by atoms with E-state index < -0.39 is 241 Å². The van der Waals surface area contributed by atoms with E-state index in [1.807, 2.05) is 6.08 Å². The molecular formula is C76H137N3O31. The fourth-order valence-corrected chi connectivity index (χ4v) is 14.6. The molecule has 3 unspecified atom stereocenters. The van der Waals surface area contributed by atoms with Gasteiger partial charge in [-0.25, -0.2) is 4.79 Å². The molecule has 19 N–H and O–H groups in total. The summed E-state index contributed by atoms with van der Waals surface area (Å²) in [5.74, 6) is -6.81. The fourth-order valence-electron chi connectivity index (χ4n) is 14.6. The first-order valence-corrected chi connectivity index (χ1v) is 40.5. The Bertz CT molecular complexity index is 2570. The number of carbonyl (C=O) groups excluding carboxylic acids is 4. The Morgan fingerprint density at radius 1 is 0.491 bits per heavy atom. The molecule has 5 heterocycles. The first-order valence-electron chi connectivity index (χ1n) is 40.5. The van der Waals surface area contributed by atoms with E-state index in [0.717, 1.165) is 71.6 Å². The second kappa shape index (κ2) is 51.6. The van der Waals surface area contributed by atoms with Gasteiger partial charge in [-0.1, -0.05) is 180 Å². The lowest BCUT2D eigenvalue weighted by molar-refractivity contribution is -0.404. The van der Waals surface area contributed by atoms with Crippen LogP contribution in [-0.4, -0.2) is 322 Å². The monoisotopic (exact) mass is 1590 g/mol. The second-order valence-electron chi connectivity index (χ2n) is 30.4. The highest BCUT2D eigenvalue weighted by molar-refractivity contribution is 5.79. The molecule has 0 spiro atoms. The summed E-state index contributed by atoms with van der Waals surface area (Å²) in [6.07, 6.45) is -16.9. The summed E-state index contributed by atoms with van der Waals surface area (Å²) in [6.45, 7) is 3.25. The zero-order valence-electron chi connectivity index (χ0n) is 65.3. The number of carbonyl (C=O) groups is 4. The molecule has 5 saturated heterocycles. The first kappa shape index (κ1) is 97.2. The third-order valence-corrected chi connectivity index (χ3v) is 20.9. The molecule has 5 fully saturated rings. The lowest BCUT2D eigenvalue weighted by atomic mass is 9.88. The van der Waals surface area contributed by atoms with Crippen LogP contribution < -0.4 is 16.0 Å². The number of allylic oxidation sites excluding steroid dienone is 1. The Morgan fingerprint density at radius 3 is 1.45 bits per heavy atom. The van der Waals surface area contributed by atoms with Gasteiger partial charge in [0.1, 0.15) is 116 Å². The van der Waals surface area contributed by atoms with E-state index in [2.05, 4.69) is 29.8 Å². The predicted octanol–water partition coefficient (Wildman–Crippen LogP) is -0.175. The predicted molar refractivity (Wildman–Crippen MR) is 392 cm³/mol. The molecule has 0 radical (unpaired) electrons. The van der Waals surface area contributed by atoms with Gasteiger partial charge in [-0.15, -0.1) is 0 Å². The number of amides is 3. The molecule has 5 aliphatic heterocycles. The van der Waals surface area contributed by atoms with Crippen LogP contribution in [0.3, 0.4) is 0 Å². The summed E-state index contributed by atoms with van der Waals surface area (Å²) in [7, 11) is 0. The molecule has 0 aromatic carbocycles. The van der Waals surface area contributed by atoms with Crippen LogP contribution in [0.2, 0.25) is 0 Å². The van der Waals surface area contributed by atoms with Gasteiger partial charge < -0.3 is 150 Å². The minimum atomic E-state index is -3.17. The van der Waals surface area contributed by atoms with Crippen LogP contribution in [0.1, 0.15) is 228 Å². The second-order valence-corrected chi connectivity index (χ2v) is 30.4. The number of hydrogen-bond donors (Lipinski definition) is 19. The van der Waals surface area contributed by atoms with Crippen LogP contribution >= 0.6 is 0 Å². The van der Waals surface area contributed by atoms with Gasteiger partial charge >= 0.3 is 5.97 Å². The Hall–Kier alpha value is -3.42. The highest BCUT2D eigenvalue weighted by Gasteiger charge is 2.63. The Morgan fingerprint density at radius 2 is 0.936 bits per heavy atom. The largest absolute Gasteiger partial charge is 0.459 e. The first-order chi connectivity index (χ1) is 52.6. The molecule has 5 rings (SSSR count). The highest BCUT2D eigenvalue weighted by Crippen LogP contribution is 2.42. The van der Waals surface area contributed by atoms with Crippen molar-refractivity contribution in [3.8, 4) is 0 Å². The summed E-state index contributed by atoms with van der Waals surface area (Å²) in [5, 5.41) is 188. The number of ether oxygens (including phenoxy) is 11. The van der Waals surface area contributed by atoms with Crippen LogP contribution in [0, 0.1) is 0 Å². The molecule has 3 amide bonds. The van der Waals surface area contributed by atoms with Gasteiger partial charge in [0.05, 0.1) is 70.0 Å². The number of aliphatic hydroxyl groups excluding tert-OH is 16. The van der Waals surface area contributed by atoms with Crippen molar-refractivity contribution in [1.29, 1.82) is 0 Å². The number of unbranched alkanes of at least 4 members (excludes halogenated alkanes) is 25. The minimum absolute atomic E-state index is 0.140. The van der Waals surface area contributed by atoms with Crippen molar-refractivity contribution >= 4 is 23.7 Å². The topological polar surface area (TPSA) is 530 Å². The number of rotatable bonds is 53. The van der Waals surface area contributed by atoms with Crippen molar-refractivity contribution < 1.29 is 153 Å². The Labute approximate surface area is 647 Å². The standard InChI is InChI=1S/C76H137N3O31/c1-7-9-11-13-15-17-19-21-22-24-26-28-30-32-34-36-55(90)79-47(48(87)35-33-31-29-27-25-23-20-18-16-14-12-10-8-2)43-100-72-64(97)62(95)66(53(41-83)104-72)106-74-65(98)70(110-76(75(99)101-44(3)4)37-49(88)56(77-45(5)85)69(109-76)58(91)50(89)38-80)67(54(42-84)105-74)107-71-57(78-46(6)86)68(60(93)52(40-82)102-71)108-73-63(96)61(94)59(92)51(39-81)103-73/h33,35,44,47-54,56-74,80-84,87-89,91-98H,7-32,34,36-43H2,1-6H3,(H,77,85)(H,78,86)(H,79,90)/b35-33+/t47-,48+,49-,50?,51+,52+,53-,54+,56+,57+,58?,59-,60-,61+,62+,63+,64+,65+,66+,67-,68+,69?,70-,71-,72+,73-,74-,76-/m0/s1. The Kier molecular flexibility index (Phi) is 45.6. The van der Waals surface area contributed by atoms with Crippen LogP contribution in [0.5, 0.6) is 0 Å². The van der Waals surface area contributed by atoms with Gasteiger partial charge in [-0.05, 0) is 33.1 Å². The van der Waals surface area contributed by atoms with Crippen LogP contribution in [0.25, 0.3) is 0 Å². The lowest BCUT2D eigenvalue weighted by Crippen LogP contribution is -2.72. The molecule has 34 heteroatoms. The van der Waals surface area contributed by atoms with E-state index in [1.165, 1.54) is 117 Å². The van der Waals surface area contributed by atoms with Crippen LogP contribution in [0.4, 0.5) is 0 Å². The average molecular weight is 1590 g/mol. The summed E-state index contributed by atoms with van der Waals surface area (Å²) in [6, 6.07) is -4.73. The molecule has 642 valence electrons. The maximum Gasteiger partial charge on any atom is 0.367 e. The molecule has 0 aromatic rings. The van der Waals surface area contributed by atoms with E-state index in [9.17, 15) is 101 Å². The maximum atomic E-state index is 14.9. The van der Waals surface area contributed by atoms with Gasteiger partial charge in [-0.3, -0.25) is 14.4 Å². The van der Waals surface area contributed by atoms with Gasteiger partial charge in [-0.2, -0.15) is 0 Å². The number of aliphatic hydroxyl groups is 16. The molecule has 0 saturated carbocycles. The van der Waals surface area contributed by atoms with Crippen LogP contribution in [-0.2, 0) is 71.3 Å². The average Bonchev–Trinajstić information content (AvgIpc) is 0.744. The number of esters is 1. The number of nitrogens with one attached hydrogen (secondary N) is 3. The van der Waals surface area contributed by atoms with E-state index in [1.54, 1.807) is 6.08 Å². The summed E-state index contributed by atoms with van der Waals surface area (Å²) >= 11 is 0. The molecule has 5 aliphatic rings. The SMILES string of the molecule is CCCCCCCCCCCCC/C=C/[C@@H](O)[C@H](CO[C@@H]1O[C@@H](CO)[C@@H](O[C@@H]2O[C@H](CO)[C@H](O[C@@H]3O[C@H](CO)[C@H](O)[C@H](O[C@@H]4O[C@H](CO)[C@H](O)[C@@H](O)[C@H]4O)[C@H]3NC(C)=O)[C@@H](O[C@]3(C(=O)OC(C)C)C[C@H](O)[C@@H](NC(C)=O)C(C(O)C(O)CO)O3)[C@H]2O)[C@H](O)[C@H]1O)NC(=O)CCCCCCCCCCCCCCCCC. The van der Waals surface area contributed by atoms with Crippen LogP contribution in [0.15, 0.2) is 12.2 Å². The van der Waals surface area contributed by atoms with Crippen molar-refractivity contribution in [3.63, 3.8) is 0 Å². The van der Waals surface area contributed by atoms with Crippen molar-refractivity contribution in [2.45, 2.75) is 405 Å². The lowest BCUT2D eigenvalue weighted by Gasteiger charge is -2.53. The molecular weight excluding hydrogens is 1450 g/mol. The van der Waals surface area contributed by atoms with Gasteiger partial charge in [0.2, 0.25) is 17.7 Å². The van der Waals surface area contributed by atoms with Gasteiger partial charge in [0.25, 0.3) is 5.79 Å². The molecule has 28 atom stereocenters. The normalized spacial score (nSPS) is 34.0. The summed E-state index contributed by atoms with van der Waals surface area (Å²) in [5.41, 5.74) is 0. The van der Waals surface area contributed by atoms with E-state index in [-0.39, 0.29) is 12.3 Å². The quantitative estimate of drug-likeness (QED) is 0.0213. The van der Waals surface area contributed by atoms with E-state index in [4.69, 9.17) is 52.1 Å². The Balaban J connectivity index is 1.44. The molecule has 0 bridgehead atoms. The molecule has 110 heavy (non-hydrogen) atoms. The zero-order chi connectivity index (χ0) is 81.0. The van der Waals surface area contributed by atoms with Crippen molar-refractivity contribution in [3.05, 3.63) is 12.2 Å². The third-order valence-electron chi connectivity index (χ3n) is 20.9. The third kappa shape index (κ3) is 30.3. The van der Waals surface area contributed by atoms with Gasteiger partial charge in [0.15, 0.2) is 25.2 Å². The van der Waals surface area contributed by atoms with E-state index in [0.29, 0.717) is 12.8 Å². The molecule has 0 aliphatic carbocycles. The zero-order valence-corrected chi connectivity index (χ0v) is 65.3. The molecule has 0 aromatic heterocycles. The number of hydrogen-bond acceptors (Lipinski definition) is 31. The summed E-state index contributed by atoms with van der Waals surface area (Å²) in [4.78, 5) is 54.3. The minimum Gasteiger partial charge on any atom is -0.459 e. The molecule has 34 nitrogen and oxygen atoms in total. The van der Waals surface area contributed by atoms with E-state index >= 15 is 0 Å². The fraction of sp³-hybridized carbons (Fsp3) is 0.921. The highest BCUT2D eigenvalue weighted by atomic mass is 16.8. The smallest absolute Gasteiger partial charge is 0.367 e. The van der Waals surface area contributed by atoms with Crippen molar-refractivity contribution in [1.82, 2.24) is 16.0 Å². The van der Waals surface area contributed by atoms with Gasteiger partial charge in [0, 0.05) is 26.7 Å². The summed E-state index contributed by atoms with van der Waals surface area (Å²) < 4.78 is 66.9. The van der Waals surface area contributed by atoms with Crippen molar-refractivity contribution in [2.24, 2.45) is 0 Å². The maximum absolute atomic E-state index is 14.9.